The van der Waals surface area contributed by atoms with Gasteiger partial charge in [0.15, 0.2) is 0 Å². The summed E-state index contributed by atoms with van der Waals surface area (Å²) in [7, 11) is 0. The molecule has 0 aliphatic carbocycles. The van der Waals surface area contributed by atoms with Crippen LogP contribution < -0.4 is 11.1 Å². The summed E-state index contributed by atoms with van der Waals surface area (Å²) < 4.78 is 36.4. The monoisotopic (exact) mass is 240 g/mol. The van der Waals surface area contributed by atoms with Crippen molar-refractivity contribution in [3.05, 3.63) is 5.01 Å². The van der Waals surface area contributed by atoms with E-state index in [0.717, 1.165) is 0 Å². The van der Waals surface area contributed by atoms with Crippen LogP contribution in [0.4, 0.5) is 18.3 Å². The van der Waals surface area contributed by atoms with Crippen LogP contribution in [-0.2, 0) is 6.18 Å². The topological polar surface area (TPSA) is 63.8 Å². The minimum Gasteiger partial charge on any atom is -0.358 e. The highest BCUT2D eigenvalue weighted by molar-refractivity contribution is 7.15. The van der Waals surface area contributed by atoms with Crippen LogP contribution in [0.3, 0.4) is 0 Å². The van der Waals surface area contributed by atoms with Crippen LogP contribution in [0.2, 0.25) is 0 Å². The Morgan fingerprint density at radius 3 is 2.33 bits per heavy atom. The van der Waals surface area contributed by atoms with Crippen LogP contribution in [0.5, 0.6) is 0 Å². The minimum atomic E-state index is -4.43. The number of rotatable bonds is 3. The first-order chi connectivity index (χ1) is 6.68. The van der Waals surface area contributed by atoms with Crippen LogP contribution in [0.25, 0.3) is 0 Å². The van der Waals surface area contributed by atoms with Gasteiger partial charge in [0.05, 0.1) is 0 Å². The average Bonchev–Trinajstić information content (AvgIpc) is 2.45. The molecule has 3 N–H and O–H groups in total. The molecule has 1 rings (SSSR count). The van der Waals surface area contributed by atoms with Crippen molar-refractivity contribution in [2.24, 2.45) is 5.73 Å². The molecule has 0 aliphatic heterocycles. The van der Waals surface area contributed by atoms with Gasteiger partial charge in [-0.05, 0) is 13.8 Å². The van der Waals surface area contributed by atoms with Gasteiger partial charge in [0.1, 0.15) is 0 Å². The van der Waals surface area contributed by atoms with E-state index in [1.54, 1.807) is 13.8 Å². The lowest BCUT2D eigenvalue weighted by atomic mass is 10.1. The Labute approximate surface area is 88.7 Å². The van der Waals surface area contributed by atoms with E-state index in [4.69, 9.17) is 5.73 Å². The molecule has 15 heavy (non-hydrogen) atoms. The number of anilines is 1. The normalized spacial score (nSPS) is 12.9. The van der Waals surface area contributed by atoms with E-state index >= 15 is 0 Å². The van der Waals surface area contributed by atoms with E-state index in [1.165, 1.54) is 0 Å². The van der Waals surface area contributed by atoms with E-state index in [-0.39, 0.29) is 5.13 Å². The highest BCUT2D eigenvalue weighted by atomic mass is 32.1. The molecule has 0 aliphatic rings. The third-order valence-electron chi connectivity index (χ3n) is 1.36. The van der Waals surface area contributed by atoms with Crippen LogP contribution in [0.1, 0.15) is 18.9 Å². The zero-order chi connectivity index (χ0) is 11.7. The molecule has 1 aromatic rings. The maximum atomic E-state index is 12.1. The van der Waals surface area contributed by atoms with Gasteiger partial charge < -0.3 is 11.1 Å². The Balaban J connectivity index is 2.62. The van der Waals surface area contributed by atoms with E-state index in [9.17, 15) is 13.2 Å². The number of nitrogens with two attached hydrogens (primary N) is 1. The van der Waals surface area contributed by atoms with Crippen LogP contribution in [0.15, 0.2) is 0 Å². The first-order valence-electron chi connectivity index (χ1n) is 4.12. The largest absolute Gasteiger partial charge is 0.445 e. The summed E-state index contributed by atoms with van der Waals surface area (Å²) in [6.07, 6.45) is -4.43. The molecule has 8 heteroatoms. The molecular formula is C7H11F3N4S. The quantitative estimate of drug-likeness (QED) is 0.844. The van der Waals surface area contributed by atoms with E-state index in [1.807, 2.05) is 0 Å². The molecule has 0 aromatic carbocycles. The Bertz CT molecular complexity index is 328. The van der Waals surface area contributed by atoms with Gasteiger partial charge in [-0.15, -0.1) is 10.2 Å². The molecule has 1 aromatic heterocycles. The van der Waals surface area contributed by atoms with Gasteiger partial charge >= 0.3 is 6.18 Å². The predicted molar refractivity (Wildman–Crippen MR) is 51.7 cm³/mol. The predicted octanol–water partition coefficient (Wildman–Crippen LogP) is 1.71. The Morgan fingerprint density at radius 2 is 1.93 bits per heavy atom. The molecule has 0 fully saturated rings. The Hall–Kier alpha value is -0.890. The molecular weight excluding hydrogens is 229 g/mol. The van der Waals surface area contributed by atoms with Gasteiger partial charge in [-0.2, -0.15) is 13.2 Å². The van der Waals surface area contributed by atoms with Crippen LogP contribution >= 0.6 is 11.3 Å². The molecule has 0 saturated heterocycles. The number of aromatic nitrogens is 2. The second kappa shape index (κ2) is 3.93. The lowest BCUT2D eigenvalue weighted by Crippen LogP contribution is -2.39. The number of nitrogens with one attached hydrogen (secondary N) is 1. The molecule has 0 saturated carbocycles. The van der Waals surface area contributed by atoms with Gasteiger partial charge in [0, 0.05) is 12.1 Å². The summed E-state index contributed by atoms with van der Waals surface area (Å²) in [5.74, 6) is 0. The first kappa shape index (κ1) is 12.2. The van der Waals surface area contributed by atoms with E-state index in [0.29, 0.717) is 17.9 Å². The van der Waals surface area contributed by atoms with E-state index in [2.05, 4.69) is 15.5 Å². The zero-order valence-corrected chi connectivity index (χ0v) is 9.04. The second-order valence-electron chi connectivity index (χ2n) is 3.75. The lowest BCUT2D eigenvalue weighted by Gasteiger charge is -2.17. The summed E-state index contributed by atoms with van der Waals surface area (Å²) >= 11 is 0.467. The van der Waals surface area contributed by atoms with Crippen molar-refractivity contribution in [2.45, 2.75) is 25.6 Å². The summed E-state index contributed by atoms with van der Waals surface area (Å²) in [4.78, 5) is 0. The van der Waals surface area contributed by atoms with Crippen molar-refractivity contribution >= 4 is 16.5 Å². The fourth-order valence-corrected chi connectivity index (χ4v) is 1.32. The number of alkyl halides is 3. The fraction of sp³-hybridized carbons (Fsp3) is 0.714. The first-order valence-corrected chi connectivity index (χ1v) is 4.93. The fourth-order valence-electron chi connectivity index (χ4n) is 0.713. The maximum Gasteiger partial charge on any atom is 0.445 e. The smallest absolute Gasteiger partial charge is 0.358 e. The number of hydrogen-bond donors (Lipinski definition) is 2. The van der Waals surface area contributed by atoms with Gasteiger partial charge in [-0.1, -0.05) is 11.3 Å². The Kier molecular flexibility index (Phi) is 3.19. The van der Waals surface area contributed by atoms with Gasteiger partial charge in [-0.3, -0.25) is 0 Å². The zero-order valence-electron chi connectivity index (χ0n) is 8.22. The molecule has 0 radical (unpaired) electrons. The molecule has 4 nitrogen and oxygen atoms in total. The summed E-state index contributed by atoms with van der Waals surface area (Å²) in [5, 5.41) is 8.26. The second-order valence-corrected chi connectivity index (χ2v) is 4.73. The average molecular weight is 240 g/mol. The molecule has 86 valence electrons. The SMILES string of the molecule is CC(C)(N)CNc1nnc(C(F)(F)F)s1. The highest BCUT2D eigenvalue weighted by Gasteiger charge is 2.35. The third kappa shape index (κ3) is 4.00. The lowest BCUT2D eigenvalue weighted by molar-refractivity contribution is -0.138. The van der Waals surface area contributed by atoms with Crippen molar-refractivity contribution in [3.8, 4) is 0 Å². The van der Waals surface area contributed by atoms with Gasteiger partial charge in [0.25, 0.3) is 0 Å². The number of hydrogen-bond acceptors (Lipinski definition) is 5. The standard InChI is InChI=1S/C7H11F3N4S/c1-6(2,11)3-12-5-14-13-4(15-5)7(8,9)10/h3,11H2,1-2H3,(H,12,14). The summed E-state index contributed by atoms with van der Waals surface area (Å²) in [5.41, 5.74) is 5.14. The van der Waals surface area contributed by atoms with Crippen LogP contribution in [0, 0.1) is 0 Å². The highest BCUT2D eigenvalue weighted by Crippen LogP contribution is 2.32. The van der Waals surface area contributed by atoms with Crippen molar-refractivity contribution in [1.82, 2.24) is 10.2 Å². The van der Waals surface area contributed by atoms with Crippen molar-refractivity contribution in [3.63, 3.8) is 0 Å². The van der Waals surface area contributed by atoms with E-state index < -0.39 is 16.7 Å². The van der Waals surface area contributed by atoms with Crippen LogP contribution in [-0.4, -0.2) is 22.3 Å². The number of halogens is 3. The van der Waals surface area contributed by atoms with Crippen molar-refractivity contribution < 1.29 is 13.2 Å². The molecule has 0 unspecified atom stereocenters. The van der Waals surface area contributed by atoms with Gasteiger partial charge in [0.2, 0.25) is 10.1 Å². The Morgan fingerprint density at radius 1 is 1.33 bits per heavy atom. The molecule has 0 atom stereocenters. The number of nitrogens with zero attached hydrogens (tertiary/aromatic N) is 2. The molecule has 1 heterocycles. The van der Waals surface area contributed by atoms with Gasteiger partial charge in [-0.25, -0.2) is 0 Å². The minimum absolute atomic E-state index is 0.126. The molecule has 0 bridgehead atoms. The molecule has 0 spiro atoms. The van der Waals surface area contributed by atoms with Crippen molar-refractivity contribution in [1.29, 1.82) is 0 Å². The van der Waals surface area contributed by atoms with Crippen molar-refractivity contribution in [2.75, 3.05) is 11.9 Å². The summed E-state index contributed by atoms with van der Waals surface area (Å²) in [6, 6.07) is 0. The summed E-state index contributed by atoms with van der Waals surface area (Å²) in [6.45, 7) is 3.84. The maximum absolute atomic E-state index is 12.1. The molecule has 0 amide bonds. The third-order valence-corrected chi connectivity index (χ3v) is 2.29.